The Bertz CT molecular complexity index is 997. The van der Waals surface area contributed by atoms with Crippen LogP contribution in [0.1, 0.15) is 16.2 Å². The van der Waals surface area contributed by atoms with Gasteiger partial charge < -0.3 is 9.64 Å². The zero-order valence-corrected chi connectivity index (χ0v) is 16.1. The summed E-state index contributed by atoms with van der Waals surface area (Å²) in [7, 11) is 0. The van der Waals surface area contributed by atoms with Crippen molar-refractivity contribution in [3.8, 4) is 10.6 Å². The molecule has 3 aromatic heterocycles. The van der Waals surface area contributed by atoms with Crippen LogP contribution < -0.4 is 0 Å². The third kappa shape index (κ3) is 3.34. The Kier molecular flexibility index (Phi) is 4.68. The van der Waals surface area contributed by atoms with Gasteiger partial charge in [-0.05, 0) is 33.4 Å². The van der Waals surface area contributed by atoms with Gasteiger partial charge in [-0.2, -0.15) is 18.3 Å². The molecule has 0 aromatic carbocycles. The number of carbonyl (C=O) groups excluding carboxylic acids is 1. The lowest BCUT2D eigenvalue weighted by Crippen LogP contribution is -2.41. The molecule has 4 rings (SSSR count). The molecule has 0 saturated carbocycles. The van der Waals surface area contributed by atoms with Crippen molar-refractivity contribution in [2.75, 3.05) is 26.3 Å². The maximum Gasteiger partial charge on any atom is 0.433 e. The summed E-state index contributed by atoms with van der Waals surface area (Å²) in [4.78, 5) is 19.1. The summed E-state index contributed by atoms with van der Waals surface area (Å²) in [6.45, 7) is 1.48. The van der Waals surface area contributed by atoms with E-state index in [4.69, 9.17) is 4.74 Å². The molecule has 0 spiro atoms. The molecular weight excluding hydrogens is 449 g/mol. The molecule has 6 nitrogen and oxygen atoms in total. The fraction of sp³-hybridized carbons (Fsp3) is 0.312. The number of ether oxygens (including phenoxy) is 1. The molecule has 1 aliphatic heterocycles. The number of halogens is 4. The lowest BCUT2D eigenvalue weighted by Gasteiger charge is -2.26. The Hall–Kier alpha value is -1.98. The van der Waals surface area contributed by atoms with Gasteiger partial charge in [0.15, 0.2) is 17.0 Å². The first-order chi connectivity index (χ1) is 12.9. The average molecular weight is 461 g/mol. The zero-order chi connectivity index (χ0) is 19.2. The molecule has 11 heteroatoms. The third-order valence-electron chi connectivity index (χ3n) is 4.10. The van der Waals surface area contributed by atoms with Crippen molar-refractivity contribution in [2.24, 2.45) is 0 Å². The minimum Gasteiger partial charge on any atom is -0.378 e. The number of aromatic nitrogens is 3. The first kappa shape index (κ1) is 18.4. The lowest BCUT2D eigenvalue weighted by atomic mass is 10.2. The second kappa shape index (κ2) is 6.88. The molecule has 1 saturated heterocycles. The average Bonchev–Trinajstić information content (AvgIpc) is 3.29. The molecule has 0 unspecified atom stereocenters. The van der Waals surface area contributed by atoms with E-state index in [9.17, 15) is 18.0 Å². The number of alkyl halides is 3. The SMILES string of the molecule is O=C(c1nn2c(C(F)(F)F)cc(-c3cccs3)nc2c1Br)N1CCOCC1. The summed E-state index contributed by atoms with van der Waals surface area (Å²) in [5.74, 6) is -0.457. The fourth-order valence-corrected chi connectivity index (χ4v) is 3.99. The zero-order valence-electron chi connectivity index (χ0n) is 13.7. The van der Waals surface area contributed by atoms with E-state index in [1.54, 1.807) is 17.5 Å². The number of nitrogens with zero attached hydrogens (tertiary/aromatic N) is 4. The van der Waals surface area contributed by atoms with E-state index < -0.39 is 17.8 Å². The van der Waals surface area contributed by atoms with Crippen LogP contribution in [-0.2, 0) is 10.9 Å². The van der Waals surface area contributed by atoms with Crippen LogP contribution in [0, 0.1) is 0 Å². The van der Waals surface area contributed by atoms with Gasteiger partial charge in [0, 0.05) is 13.1 Å². The van der Waals surface area contributed by atoms with Gasteiger partial charge in [-0.1, -0.05) is 6.07 Å². The highest BCUT2D eigenvalue weighted by molar-refractivity contribution is 9.10. The molecule has 0 atom stereocenters. The van der Waals surface area contributed by atoms with Crippen LogP contribution in [0.25, 0.3) is 16.2 Å². The highest BCUT2D eigenvalue weighted by Crippen LogP contribution is 2.35. The van der Waals surface area contributed by atoms with Gasteiger partial charge in [0.05, 0.1) is 28.3 Å². The summed E-state index contributed by atoms with van der Waals surface area (Å²) < 4.78 is 46.9. The van der Waals surface area contributed by atoms with E-state index in [-0.39, 0.29) is 21.5 Å². The van der Waals surface area contributed by atoms with E-state index in [0.717, 1.165) is 6.07 Å². The maximum absolute atomic E-state index is 13.6. The summed E-state index contributed by atoms with van der Waals surface area (Å²) in [6, 6.07) is 4.37. The smallest absolute Gasteiger partial charge is 0.378 e. The predicted molar refractivity (Wildman–Crippen MR) is 95.7 cm³/mol. The van der Waals surface area contributed by atoms with Crippen LogP contribution in [-0.4, -0.2) is 51.7 Å². The second-order valence-electron chi connectivity index (χ2n) is 5.80. The van der Waals surface area contributed by atoms with Crippen molar-refractivity contribution in [2.45, 2.75) is 6.18 Å². The van der Waals surface area contributed by atoms with Gasteiger partial charge in [-0.3, -0.25) is 4.79 Å². The lowest BCUT2D eigenvalue weighted by molar-refractivity contribution is -0.142. The Morgan fingerprint density at radius 3 is 2.67 bits per heavy atom. The molecule has 1 amide bonds. The molecular formula is C16H12BrF3N4O2S. The van der Waals surface area contributed by atoms with Crippen molar-refractivity contribution >= 4 is 38.8 Å². The fourth-order valence-electron chi connectivity index (χ4n) is 2.80. The van der Waals surface area contributed by atoms with Crippen LogP contribution in [0.3, 0.4) is 0 Å². The van der Waals surface area contributed by atoms with E-state index in [1.165, 1.54) is 16.2 Å². The summed E-state index contributed by atoms with van der Waals surface area (Å²) in [5.41, 5.74) is -0.962. The van der Waals surface area contributed by atoms with Crippen molar-refractivity contribution in [1.82, 2.24) is 19.5 Å². The maximum atomic E-state index is 13.6. The van der Waals surface area contributed by atoms with Crippen LogP contribution in [0.5, 0.6) is 0 Å². The van der Waals surface area contributed by atoms with E-state index in [2.05, 4.69) is 26.0 Å². The number of rotatable bonds is 2. The highest BCUT2D eigenvalue weighted by Gasteiger charge is 2.37. The second-order valence-corrected chi connectivity index (χ2v) is 7.54. The Morgan fingerprint density at radius 1 is 1.30 bits per heavy atom. The van der Waals surface area contributed by atoms with Crippen LogP contribution in [0.4, 0.5) is 13.2 Å². The van der Waals surface area contributed by atoms with Crippen molar-refractivity contribution < 1.29 is 22.7 Å². The monoisotopic (exact) mass is 460 g/mol. The summed E-state index contributed by atoms with van der Waals surface area (Å²) >= 11 is 4.51. The number of hydrogen-bond donors (Lipinski definition) is 0. The summed E-state index contributed by atoms with van der Waals surface area (Å²) in [6.07, 6.45) is -4.65. The Labute approximate surface area is 163 Å². The first-order valence-corrected chi connectivity index (χ1v) is 9.61. The molecule has 3 aromatic rings. The van der Waals surface area contributed by atoms with E-state index in [0.29, 0.717) is 35.7 Å². The van der Waals surface area contributed by atoms with Crippen LogP contribution >= 0.6 is 27.3 Å². The van der Waals surface area contributed by atoms with Crippen molar-refractivity contribution in [3.63, 3.8) is 0 Å². The molecule has 0 aliphatic carbocycles. The largest absolute Gasteiger partial charge is 0.433 e. The quantitative estimate of drug-likeness (QED) is 0.584. The molecule has 0 bridgehead atoms. The number of carbonyl (C=O) groups is 1. The van der Waals surface area contributed by atoms with E-state index in [1.807, 2.05) is 0 Å². The van der Waals surface area contributed by atoms with Crippen LogP contribution in [0.15, 0.2) is 28.1 Å². The molecule has 0 radical (unpaired) electrons. The molecule has 1 aliphatic rings. The number of hydrogen-bond acceptors (Lipinski definition) is 5. The molecule has 142 valence electrons. The highest BCUT2D eigenvalue weighted by atomic mass is 79.9. The standard InChI is InChI=1S/C16H12BrF3N4O2S/c17-12-13(15(25)23-3-5-26-6-4-23)22-24-11(16(18,19)20)8-9(21-14(12)24)10-2-1-7-27-10/h1-2,7-8H,3-6H2. The van der Waals surface area contributed by atoms with Gasteiger partial charge in [0.2, 0.25) is 0 Å². The molecule has 1 fully saturated rings. The van der Waals surface area contributed by atoms with Gasteiger partial charge >= 0.3 is 6.18 Å². The van der Waals surface area contributed by atoms with Crippen molar-refractivity contribution in [3.05, 3.63) is 39.4 Å². The Morgan fingerprint density at radius 2 is 2.04 bits per heavy atom. The third-order valence-corrected chi connectivity index (χ3v) is 5.72. The number of fused-ring (bicyclic) bond motifs is 1. The van der Waals surface area contributed by atoms with Gasteiger partial charge in [-0.15, -0.1) is 11.3 Å². The van der Waals surface area contributed by atoms with Gasteiger partial charge in [0.1, 0.15) is 0 Å². The Balaban J connectivity index is 1.88. The minimum atomic E-state index is -4.65. The summed E-state index contributed by atoms with van der Waals surface area (Å²) in [5, 5.41) is 5.69. The van der Waals surface area contributed by atoms with Gasteiger partial charge in [0.25, 0.3) is 5.91 Å². The van der Waals surface area contributed by atoms with Gasteiger partial charge in [-0.25, -0.2) is 9.50 Å². The topological polar surface area (TPSA) is 59.7 Å². The first-order valence-electron chi connectivity index (χ1n) is 7.93. The predicted octanol–water partition coefficient (Wildman–Crippen LogP) is 3.71. The normalized spacial score (nSPS) is 15.5. The van der Waals surface area contributed by atoms with E-state index >= 15 is 0 Å². The number of morpholine rings is 1. The molecule has 27 heavy (non-hydrogen) atoms. The van der Waals surface area contributed by atoms with Crippen molar-refractivity contribution in [1.29, 1.82) is 0 Å². The molecule has 4 heterocycles. The molecule has 0 N–H and O–H groups in total. The number of thiophene rings is 1. The minimum absolute atomic E-state index is 0.0511. The van der Waals surface area contributed by atoms with Crippen LogP contribution in [0.2, 0.25) is 0 Å². The number of amides is 1.